The fourth-order valence-corrected chi connectivity index (χ4v) is 2.28. The van der Waals surface area contributed by atoms with E-state index in [1.807, 2.05) is 26.0 Å². The van der Waals surface area contributed by atoms with Crippen molar-refractivity contribution >= 4 is 23.4 Å². The number of benzene rings is 1. The quantitative estimate of drug-likeness (QED) is 0.848. The van der Waals surface area contributed by atoms with Crippen LogP contribution in [0.2, 0.25) is 5.02 Å². The van der Waals surface area contributed by atoms with Crippen molar-refractivity contribution in [1.29, 1.82) is 0 Å². The van der Waals surface area contributed by atoms with Crippen LogP contribution >= 0.6 is 11.6 Å². The summed E-state index contributed by atoms with van der Waals surface area (Å²) in [7, 11) is 0. The fraction of sp³-hybridized carbons (Fsp3) is 0.500. The van der Waals surface area contributed by atoms with Crippen LogP contribution in [-0.4, -0.2) is 17.9 Å². The predicted octanol–water partition coefficient (Wildman–Crippen LogP) is 2.51. The van der Waals surface area contributed by atoms with Crippen LogP contribution in [-0.2, 0) is 16.1 Å². The predicted molar refractivity (Wildman–Crippen MR) is 82.8 cm³/mol. The standard InChI is InChI=1S/C16H21ClN2O2/c1-3-10(2)19-16(21)14-8-13(14)15(20)18-9-11-4-6-12(17)7-5-11/h4-7,10,13-14H,3,8-9H2,1-2H3,(H,18,20)(H,19,21). The van der Waals surface area contributed by atoms with Crippen LogP contribution < -0.4 is 10.6 Å². The molecule has 1 aromatic rings. The lowest BCUT2D eigenvalue weighted by Gasteiger charge is -2.11. The van der Waals surface area contributed by atoms with E-state index in [2.05, 4.69) is 10.6 Å². The Labute approximate surface area is 130 Å². The number of rotatable bonds is 6. The van der Waals surface area contributed by atoms with E-state index < -0.39 is 0 Å². The molecule has 2 N–H and O–H groups in total. The second-order valence-corrected chi connectivity index (χ2v) is 6.05. The topological polar surface area (TPSA) is 58.2 Å². The number of hydrogen-bond acceptors (Lipinski definition) is 2. The molecule has 4 nitrogen and oxygen atoms in total. The first-order valence-corrected chi connectivity index (χ1v) is 7.71. The third-order valence-electron chi connectivity index (χ3n) is 3.85. The van der Waals surface area contributed by atoms with Gasteiger partial charge in [0.15, 0.2) is 0 Å². The van der Waals surface area contributed by atoms with Gasteiger partial charge in [0.2, 0.25) is 11.8 Å². The van der Waals surface area contributed by atoms with Crippen molar-refractivity contribution in [3.63, 3.8) is 0 Å². The molecule has 1 aliphatic rings. The molecule has 1 saturated carbocycles. The summed E-state index contributed by atoms with van der Waals surface area (Å²) in [5.41, 5.74) is 0.994. The maximum Gasteiger partial charge on any atom is 0.224 e. The Hall–Kier alpha value is -1.55. The summed E-state index contributed by atoms with van der Waals surface area (Å²) < 4.78 is 0. The zero-order chi connectivity index (χ0) is 15.4. The molecule has 0 aliphatic heterocycles. The molecule has 1 fully saturated rings. The molecule has 2 rings (SSSR count). The van der Waals surface area contributed by atoms with Gasteiger partial charge in [0.25, 0.3) is 0 Å². The second kappa shape index (κ2) is 6.94. The first-order chi connectivity index (χ1) is 10.0. The first-order valence-electron chi connectivity index (χ1n) is 7.33. The molecule has 0 bridgehead atoms. The smallest absolute Gasteiger partial charge is 0.224 e. The minimum atomic E-state index is -0.179. The summed E-state index contributed by atoms with van der Waals surface area (Å²) in [5, 5.41) is 6.47. The van der Waals surface area contributed by atoms with Crippen LogP contribution in [0.1, 0.15) is 32.3 Å². The van der Waals surface area contributed by atoms with E-state index in [-0.39, 0.29) is 29.7 Å². The zero-order valence-corrected chi connectivity index (χ0v) is 13.1. The lowest BCUT2D eigenvalue weighted by atomic mass is 10.2. The Morgan fingerprint density at radius 3 is 2.48 bits per heavy atom. The first kappa shape index (κ1) is 15.8. The highest BCUT2D eigenvalue weighted by molar-refractivity contribution is 6.30. The van der Waals surface area contributed by atoms with E-state index in [4.69, 9.17) is 11.6 Å². The van der Waals surface area contributed by atoms with Gasteiger partial charge in [-0.15, -0.1) is 0 Å². The molecule has 0 aromatic heterocycles. The summed E-state index contributed by atoms with van der Waals surface area (Å²) in [6.07, 6.45) is 1.54. The van der Waals surface area contributed by atoms with Gasteiger partial charge in [0, 0.05) is 17.6 Å². The van der Waals surface area contributed by atoms with Crippen LogP contribution in [0.25, 0.3) is 0 Å². The van der Waals surface area contributed by atoms with Gasteiger partial charge in [-0.2, -0.15) is 0 Å². The number of amides is 2. The number of carbonyl (C=O) groups is 2. The molecule has 0 spiro atoms. The molecule has 0 radical (unpaired) electrons. The van der Waals surface area contributed by atoms with Crippen LogP contribution in [0.3, 0.4) is 0 Å². The maximum absolute atomic E-state index is 12.0. The van der Waals surface area contributed by atoms with E-state index in [9.17, 15) is 9.59 Å². The Morgan fingerprint density at radius 1 is 1.24 bits per heavy atom. The highest BCUT2D eigenvalue weighted by Gasteiger charge is 2.47. The average molecular weight is 309 g/mol. The van der Waals surface area contributed by atoms with Gasteiger partial charge < -0.3 is 10.6 Å². The lowest BCUT2D eigenvalue weighted by molar-refractivity contribution is -0.127. The van der Waals surface area contributed by atoms with Crippen LogP contribution in [0.4, 0.5) is 0 Å². The molecule has 1 aliphatic carbocycles. The molecule has 1 aromatic carbocycles. The number of carbonyl (C=O) groups excluding carboxylic acids is 2. The zero-order valence-electron chi connectivity index (χ0n) is 12.4. The minimum absolute atomic E-state index is 0.00371. The summed E-state index contributed by atoms with van der Waals surface area (Å²) in [6, 6.07) is 7.51. The Balaban J connectivity index is 1.75. The average Bonchev–Trinajstić information content (AvgIpc) is 3.26. The van der Waals surface area contributed by atoms with E-state index in [1.54, 1.807) is 12.1 Å². The van der Waals surface area contributed by atoms with Crippen LogP contribution in [0.5, 0.6) is 0 Å². The third-order valence-corrected chi connectivity index (χ3v) is 4.10. The van der Waals surface area contributed by atoms with Crippen LogP contribution in [0.15, 0.2) is 24.3 Å². The third kappa shape index (κ3) is 4.46. The van der Waals surface area contributed by atoms with E-state index in [0.717, 1.165) is 12.0 Å². The summed E-state index contributed by atoms with van der Waals surface area (Å²) in [4.78, 5) is 23.9. The van der Waals surface area contributed by atoms with Crippen molar-refractivity contribution < 1.29 is 9.59 Å². The van der Waals surface area contributed by atoms with Gasteiger partial charge in [0.05, 0.1) is 11.8 Å². The van der Waals surface area contributed by atoms with Crippen molar-refractivity contribution in [3.8, 4) is 0 Å². The van der Waals surface area contributed by atoms with Gasteiger partial charge >= 0.3 is 0 Å². The Morgan fingerprint density at radius 2 is 1.86 bits per heavy atom. The molecule has 5 heteroatoms. The van der Waals surface area contributed by atoms with Crippen molar-refractivity contribution in [1.82, 2.24) is 10.6 Å². The summed E-state index contributed by atoms with van der Waals surface area (Å²) in [5.74, 6) is -0.393. The fourth-order valence-electron chi connectivity index (χ4n) is 2.15. The maximum atomic E-state index is 12.0. The number of halogens is 1. The summed E-state index contributed by atoms with van der Waals surface area (Å²) >= 11 is 5.81. The molecule has 0 heterocycles. The van der Waals surface area contributed by atoms with Crippen molar-refractivity contribution in [3.05, 3.63) is 34.9 Å². The van der Waals surface area contributed by atoms with Crippen molar-refractivity contribution in [2.75, 3.05) is 0 Å². The molecule has 21 heavy (non-hydrogen) atoms. The monoisotopic (exact) mass is 308 g/mol. The SMILES string of the molecule is CCC(C)NC(=O)C1CC1C(=O)NCc1ccc(Cl)cc1. The Kier molecular flexibility index (Phi) is 5.23. The molecule has 0 saturated heterocycles. The van der Waals surface area contributed by atoms with Gasteiger partial charge in [0.1, 0.15) is 0 Å². The van der Waals surface area contributed by atoms with E-state index >= 15 is 0 Å². The molecule has 3 atom stereocenters. The molecular weight excluding hydrogens is 288 g/mol. The second-order valence-electron chi connectivity index (χ2n) is 5.61. The molecule has 3 unspecified atom stereocenters. The minimum Gasteiger partial charge on any atom is -0.353 e. The van der Waals surface area contributed by atoms with Gasteiger partial charge in [-0.05, 0) is 37.5 Å². The number of nitrogens with one attached hydrogen (secondary N) is 2. The van der Waals surface area contributed by atoms with Gasteiger partial charge in [-0.3, -0.25) is 9.59 Å². The molecule has 2 amide bonds. The van der Waals surface area contributed by atoms with E-state index in [1.165, 1.54) is 0 Å². The van der Waals surface area contributed by atoms with E-state index in [0.29, 0.717) is 18.0 Å². The molecular formula is C16H21ClN2O2. The normalized spacial score (nSPS) is 21.5. The lowest BCUT2D eigenvalue weighted by Crippen LogP contribution is -2.35. The Bertz CT molecular complexity index is 516. The number of hydrogen-bond donors (Lipinski definition) is 2. The van der Waals surface area contributed by atoms with Crippen molar-refractivity contribution in [2.45, 2.75) is 39.3 Å². The van der Waals surface area contributed by atoms with Gasteiger partial charge in [-0.1, -0.05) is 30.7 Å². The molecule has 114 valence electrons. The largest absolute Gasteiger partial charge is 0.353 e. The van der Waals surface area contributed by atoms with Crippen LogP contribution in [0, 0.1) is 11.8 Å². The van der Waals surface area contributed by atoms with Gasteiger partial charge in [-0.25, -0.2) is 0 Å². The summed E-state index contributed by atoms with van der Waals surface area (Å²) in [6.45, 7) is 4.45. The highest BCUT2D eigenvalue weighted by Crippen LogP contribution is 2.38. The highest BCUT2D eigenvalue weighted by atomic mass is 35.5. The van der Waals surface area contributed by atoms with Crippen molar-refractivity contribution in [2.24, 2.45) is 11.8 Å².